The van der Waals surface area contributed by atoms with E-state index in [-0.39, 0.29) is 40.6 Å². The summed E-state index contributed by atoms with van der Waals surface area (Å²) in [7, 11) is -7.76. The van der Waals surface area contributed by atoms with Gasteiger partial charge in [0.25, 0.3) is 20.0 Å². The summed E-state index contributed by atoms with van der Waals surface area (Å²) >= 11 is 0.843. The number of hydrogen-bond donors (Lipinski definition) is 3. The molecule has 1 atom stereocenters. The zero-order chi connectivity index (χ0) is 23.7. The van der Waals surface area contributed by atoms with Crippen molar-refractivity contribution >= 4 is 42.9 Å². The number of nitrogens with zero attached hydrogens (tertiary/aromatic N) is 2. The molecule has 1 aliphatic heterocycles. The van der Waals surface area contributed by atoms with Crippen LogP contribution >= 0.6 is 11.3 Å². The Morgan fingerprint density at radius 2 is 1.94 bits per heavy atom. The van der Waals surface area contributed by atoms with Crippen LogP contribution in [0.1, 0.15) is 44.8 Å². The maximum atomic E-state index is 12.8. The van der Waals surface area contributed by atoms with Crippen LogP contribution in [0.25, 0.3) is 0 Å². The first kappa shape index (κ1) is 24.3. The summed E-state index contributed by atoms with van der Waals surface area (Å²) in [6.07, 6.45) is 0.605. The Morgan fingerprint density at radius 1 is 1.25 bits per heavy atom. The van der Waals surface area contributed by atoms with Crippen LogP contribution in [0.4, 0.5) is 5.69 Å². The maximum Gasteiger partial charge on any atom is 0.279 e. The average Bonchev–Trinajstić information content (AvgIpc) is 3.38. The lowest BCUT2D eigenvalue weighted by Gasteiger charge is -2.18. The van der Waals surface area contributed by atoms with Gasteiger partial charge in [-0.2, -0.15) is 12.7 Å². The van der Waals surface area contributed by atoms with Gasteiger partial charge in [-0.25, -0.2) is 8.42 Å². The Labute approximate surface area is 191 Å². The van der Waals surface area contributed by atoms with Crippen molar-refractivity contribution in [2.45, 2.75) is 44.4 Å². The summed E-state index contributed by atoms with van der Waals surface area (Å²) in [6.45, 7) is 7.65. The van der Waals surface area contributed by atoms with E-state index in [1.54, 1.807) is 19.9 Å². The molecule has 3 rings (SSSR count). The number of furan rings is 1. The highest BCUT2D eigenvalue weighted by Crippen LogP contribution is 2.39. The third-order valence-electron chi connectivity index (χ3n) is 4.85. The van der Waals surface area contributed by atoms with Crippen LogP contribution in [0.2, 0.25) is 0 Å². The minimum absolute atomic E-state index is 0.0474. The SMILES string of the molecule is CC[C@@H](NC1=CS(=O)(=O)N=C1Nc1csc(S(=O)(=O)N(CC)CC)c1O)c1ccc(C)o1. The molecule has 3 N–H and O–H groups in total. The molecule has 10 nitrogen and oxygen atoms in total. The Bertz CT molecular complexity index is 1250. The molecule has 0 saturated heterocycles. The number of sulfonamides is 2. The standard InChI is InChI=1S/C19H26N4O6S3/c1-5-13(16-9-8-12(4)29-16)20-15-11-31(25,26)22-18(15)21-14-10-30-19(17(14)24)32(27,28)23(6-2)7-3/h8-11,13,20,24H,5-7H2,1-4H3,(H,21,22)/t13-/m1/s1. The van der Waals surface area contributed by atoms with Gasteiger partial charge in [0, 0.05) is 18.5 Å². The molecule has 32 heavy (non-hydrogen) atoms. The average molecular weight is 503 g/mol. The van der Waals surface area contributed by atoms with E-state index in [0.717, 1.165) is 22.5 Å². The van der Waals surface area contributed by atoms with Crippen molar-refractivity contribution in [2.75, 3.05) is 18.4 Å². The Kier molecular flexibility index (Phi) is 7.03. The zero-order valence-corrected chi connectivity index (χ0v) is 20.6. The first-order valence-corrected chi connectivity index (χ1v) is 13.8. The molecule has 0 spiro atoms. The maximum absolute atomic E-state index is 12.8. The molecule has 2 aromatic heterocycles. The zero-order valence-electron chi connectivity index (χ0n) is 18.1. The minimum atomic E-state index is -3.89. The summed E-state index contributed by atoms with van der Waals surface area (Å²) in [5, 5.41) is 18.8. The van der Waals surface area contributed by atoms with Crippen molar-refractivity contribution in [1.82, 2.24) is 9.62 Å². The van der Waals surface area contributed by atoms with Gasteiger partial charge in [-0.05, 0) is 25.5 Å². The van der Waals surface area contributed by atoms with E-state index >= 15 is 0 Å². The van der Waals surface area contributed by atoms with Crippen LogP contribution in [0.3, 0.4) is 0 Å². The van der Waals surface area contributed by atoms with Gasteiger partial charge in [-0.15, -0.1) is 15.7 Å². The van der Waals surface area contributed by atoms with Gasteiger partial charge in [0.1, 0.15) is 11.5 Å². The first-order valence-electron chi connectivity index (χ1n) is 9.99. The number of aryl methyl sites for hydroxylation is 1. The first-order chi connectivity index (χ1) is 15.0. The monoisotopic (exact) mass is 502 g/mol. The van der Waals surface area contributed by atoms with Crippen molar-refractivity contribution < 1.29 is 26.4 Å². The molecule has 0 aromatic carbocycles. The molecular weight excluding hydrogens is 476 g/mol. The summed E-state index contributed by atoms with van der Waals surface area (Å²) < 4.78 is 60.1. The quantitative estimate of drug-likeness (QED) is 0.475. The van der Waals surface area contributed by atoms with Crippen LogP contribution in [-0.2, 0) is 20.0 Å². The topological polar surface area (TPSA) is 141 Å². The fourth-order valence-electron chi connectivity index (χ4n) is 3.22. The molecule has 0 bridgehead atoms. The van der Waals surface area contributed by atoms with E-state index < -0.39 is 25.8 Å². The lowest BCUT2D eigenvalue weighted by atomic mass is 10.1. The number of thiophene rings is 1. The number of aromatic hydroxyl groups is 1. The van der Waals surface area contributed by atoms with Crippen molar-refractivity contribution in [3.8, 4) is 5.75 Å². The third kappa shape index (κ3) is 4.85. The molecule has 0 amide bonds. The molecule has 176 valence electrons. The number of hydrogen-bond acceptors (Lipinski definition) is 9. The predicted octanol–water partition coefficient (Wildman–Crippen LogP) is 3.12. The van der Waals surface area contributed by atoms with E-state index in [4.69, 9.17) is 4.42 Å². The van der Waals surface area contributed by atoms with Crippen LogP contribution in [0.5, 0.6) is 5.75 Å². The molecule has 3 heterocycles. The van der Waals surface area contributed by atoms with E-state index in [2.05, 4.69) is 15.0 Å². The molecule has 0 unspecified atom stereocenters. The van der Waals surface area contributed by atoms with Gasteiger partial charge in [0.15, 0.2) is 15.8 Å². The van der Waals surface area contributed by atoms with Gasteiger partial charge >= 0.3 is 0 Å². The van der Waals surface area contributed by atoms with Gasteiger partial charge in [0.05, 0.1) is 22.8 Å². The summed E-state index contributed by atoms with van der Waals surface area (Å²) in [4.78, 5) is 0. The molecule has 0 saturated carbocycles. The van der Waals surface area contributed by atoms with E-state index in [1.165, 1.54) is 9.69 Å². The van der Waals surface area contributed by atoms with Crippen LogP contribution in [0.15, 0.2) is 41.6 Å². The number of amidine groups is 1. The smallest absolute Gasteiger partial charge is 0.279 e. The molecule has 0 radical (unpaired) electrons. The summed E-state index contributed by atoms with van der Waals surface area (Å²) in [6, 6.07) is 3.30. The second-order valence-corrected chi connectivity index (χ2v) is 11.5. The molecule has 0 aliphatic carbocycles. The number of rotatable bonds is 9. The highest BCUT2D eigenvalue weighted by atomic mass is 32.2. The molecule has 0 fully saturated rings. The van der Waals surface area contributed by atoms with Crippen molar-refractivity contribution in [1.29, 1.82) is 0 Å². The van der Waals surface area contributed by atoms with Crippen LogP contribution in [-0.4, -0.2) is 45.2 Å². The van der Waals surface area contributed by atoms with Gasteiger partial charge in [0.2, 0.25) is 0 Å². The second-order valence-electron chi connectivity index (χ2n) is 7.04. The normalized spacial score (nSPS) is 16.7. The highest BCUT2D eigenvalue weighted by Gasteiger charge is 2.31. The van der Waals surface area contributed by atoms with E-state index in [9.17, 15) is 21.9 Å². The third-order valence-corrected chi connectivity index (χ3v) is 9.36. The van der Waals surface area contributed by atoms with Crippen molar-refractivity contribution in [3.63, 3.8) is 0 Å². The summed E-state index contributed by atoms with van der Waals surface area (Å²) in [5.74, 6) is 0.833. The van der Waals surface area contributed by atoms with E-state index in [1.807, 2.05) is 19.9 Å². The fourth-order valence-corrected chi connectivity index (χ4v) is 6.98. The van der Waals surface area contributed by atoms with Gasteiger partial charge < -0.3 is 20.2 Å². The molecular formula is C19H26N4O6S3. The Morgan fingerprint density at radius 3 is 2.50 bits per heavy atom. The van der Waals surface area contributed by atoms with E-state index in [0.29, 0.717) is 12.2 Å². The molecule has 13 heteroatoms. The fraction of sp³-hybridized carbons (Fsp3) is 0.421. The lowest BCUT2D eigenvalue weighted by molar-refractivity contribution is 0.414. The van der Waals surface area contributed by atoms with Gasteiger partial charge in [-0.1, -0.05) is 20.8 Å². The Hall–Kier alpha value is -2.35. The van der Waals surface area contributed by atoms with Gasteiger partial charge in [-0.3, -0.25) is 0 Å². The highest BCUT2D eigenvalue weighted by molar-refractivity contribution is 7.93. The number of anilines is 1. The second kappa shape index (κ2) is 9.25. The minimum Gasteiger partial charge on any atom is -0.504 e. The van der Waals surface area contributed by atoms with Crippen molar-refractivity contribution in [3.05, 3.63) is 40.1 Å². The number of nitrogens with one attached hydrogen (secondary N) is 2. The largest absolute Gasteiger partial charge is 0.504 e. The molecule has 1 aliphatic rings. The van der Waals surface area contributed by atoms with Crippen LogP contribution < -0.4 is 10.6 Å². The Balaban J connectivity index is 1.88. The lowest BCUT2D eigenvalue weighted by Crippen LogP contribution is -2.30. The molecule has 2 aromatic rings. The van der Waals surface area contributed by atoms with Crippen molar-refractivity contribution in [2.24, 2.45) is 4.40 Å². The summed E-state index contributed by atoms with van der Waals surface area (Å²) in [5.41, 5.74) is 0.232. The van der Waals surface area contributed by atoms with Crippen LogP contribution in [0, 0.1) is 6.92 Å². The predicted molar refractivity (Wildman–Crippen MR) is 124 cm³/mol.